The summed E-state index contributed by atoms with van der Waals surface area (Å²) in [5.74, 6) is 0.794. The van der Waals surface area contributed by atoms with Gasteiger partial charge in [-0.2, -0.15) is 0 Å². The summed E-state index contributed by atoms with van der Waals surface area (Å²) < 4.78 is 6.31. The number of ketones is 1. The summed E-state index contributed by atoms with van der Waals surface area (Å²) in [5.41, 5.74) is 3.08. The van der Waals surface area contributed by atoms with Crippen molar-refractivity contribution < 1.29 is 14.3 Å². The third kappa shape index (κ3) is 3.07. The number of anilines is 2. The lowest BCUT2D eigenvalue weighted by atomic mass is 9.64. The zero-order valence-corrected chi connectivity index (χ0v) is 17.6. The SMILES string of the molecule is O=C(Nc1cc(Br)c2c(c1)C1(CCC1)C(=O)C2)c1cccnc1N1CCOCC1. The van der Waals surface area contributed by atoms with E-state index in [1.54, 1.807) is 18.3 Å². The minimum Gasteiger partial charge on any atom is -0.378 e. The largest absolute Gasteiger partial charge is 0.378 e. The van der Waals surface area contributed by atoms with E-state index >= 15 is 0 Å². The maximum Gasteiger partial charge on any atom is 0.259 e. The van der Waals surface area contributed by atoms with Gasteiger partial charge < -0.3 is 15.0 Å². The number of benzene rings is 1. The van der Waals surface area contributed by atoms with Gasteiger partial charge in [0.1, 0.15) is 11.6 Å². The normalized spacial score (nSPS) is 19.8. The van der Waals surface area contributed by atoms with Crippen molar-refractivity contribution in [2.24, 2.45) is 0 Å². The number of fused-ring (bicyclic) bond motifs is 2. The molecule has 2 fully saturated rings. The fourth-order valence-electron chi connectivity index (χ4n) is 4.67. The van der Waals surface area contributed by atoms with Crippen molar-refractivity contribution in [3.8, 4) is 0 Å². The third-order valence-corrected chi connectivity index (χ3v) is 7.10. The van der Waals surface area contributed by atoms with Crippen molar-refractivity contribution in [1.29, 1.82) is 0 Å². The van der Waals surface area contributed by atoms with Crippen LogP contribution >= 0.6 is 15.9 Å². The molecule has 2 aromatic rings. The third-order valence-electron chi connectivity index (χ3n) is 6.39. The zero-order valence-electron chi connectivity index (χ0n) is 16.0. The van der Waals surface area contributed by atoms with Crippen molar-refractivity contribution >= 4 is 39.1 Å². The van der Waals surface area contributed by atoms with Crippen LogP contribution in [-0.4, -0.2) is 43.0 Å². The minimum absolute atomic E-state index is 0.196. The van der Waals surface area contributed by atoms with Gasteiger partial charge in [-0.25, -0.2) is 4.98 Å². The molecule has 1 aromatic carbocycles. The number of nitrogens with zero attached hydrogens (tertiary/aromatic N) is 2. The number of carbonyl (C=O) groups excluding carboxylic acids is 2. The van der Waals surface area contributed by atoms with Gasteiger partial charge in [0.2, 0.25) is 0 Å². The molecule has 7 heteroatoms. The highest BCUT2D eigenvalue weighted by Gasteiger charge is 2.51. The van der Waals surface area contributed by atoms with E-state index in [-0.39, 0.29) is 11.3 Å². The molecule has 29 heavy (non-hydrogen) atoms. The number of carbonyl (C=O) groups is 2. The van der Waals surface area contributed by atoms with E-state index in [0.29, 0.717) is 55.6 Å². The molecule has 0 radical (unpaired) electrons. The highest BCUT2D eigenvalue weighted by molar-refractivity contribution is 9.10. The zero-order chi connectivity index (χ0) is 20.0. The molecule has 5 rings (SSSR count). The van der Waals surface area contributed by atoms with Crippen LogP contribution in [0.2, 0.25) is 0 Å². The topological polar surface area (TPSA) is 71.5 Å². The lowest BCUT2D eigenvalue weighted by molar-refractivity contribution is -0.125. The quantitative estimate of drug-likeness (QED) is 0.766. The molecule has 6 nitrogen and oxygen atoms in total. The molecule has 0 atom stereocenters. The number of rotatable bonds is 3. The Morgan fingerprint density at radius 2 is 2.03 bits per heavy atom. The highest BCUT2D eigenvalue weighted by atomic mass is 79.9. The average Bonchev–Trinajstić information content (AvgIpc) is 3.01. The summed E-state index contributed by atoms with van der Waals surface area (Å²) >= 11 is 3.62. The Morgan fingerprint density at radius 1 is 1.24 bits per heavy atom. The molecular weight excluding hydrogens is 434 g/mol. The number of Topliss-reactive ketones (excluding diaryl/α,β-unsaturated/α-hetero) is 1. The number of nitrogens with one attached hydrogen (secondary N) is 1. The van der Waals surface area contributed by atoms with Gasteiger partial charge in [-0.3, -0.25) is 9.59 Å². The molecule has 2 aliphatic carbocycles. The number of amides is 1. The molecule has 0 unspecified atom stereocenters. The monoisotopic (exact) mass is 455 g/mol. The number of morpholine rings is 1. The average molecular weight is 456 g/mol. The predicted molar refractivity (Wildman–Crippen MR) is 114 cm³/mol. The van der Waals surface area contributed by atoms with Crippen molar-refractivity contribution in [3.63, 3.8) is 0 Å². The fourth-order valence-corrected chi connectivity index (χ4v) is 5.27. The standard InChI is InChI=1S/C22H22BrN3O3/c23-18-12-14(11-17-16(18)13-19(27)22(17)4-2-5-22)25-21(28)15-3-1-6-24-20(15)26-7-9-29-10-8-26/h1,3,6,11-12H,2,4-5,7-10,13H2,(H,25,28). The Bertz CT molecular complexity index is 997. The number of hydrogen-bond donors (Lipinski definition) is 1. The fraction of sp³-hybridized carbons (Fsp3) is 0.409. The van der Waals surface area contributed by atoms with Gasteiger partial charge in [0.25, 0.3) is 5.91 Å². The van der Waals surface area contributed by atoms with Gasteiger partial charge in [-0.05, 0) is 48.2 Å². The second-order valence-corrected chi connectivity index (χ2v) is 8.80. The Hall–Kier alpha value is -2.25. The summed E-state index contributed by atoms with van der Waals surface area (Å²) in [7, 11) is 0. The number of pyridine rings is 1. The second kappa shape index (κ2) is 7.22. The molecule has 2 heterocycles. The van der Waals surface area contributed by atoms with Crippen molar-refractivity contribution in [1.82, 2.24) is 4.98 Å². The van der Waals surface area contributed by atoms with Crippen molar-refractivity contribution in [2.45, 2.75) is 31.1 Å². The Morgan fingerprint density at radius 3 is 2.76 bits per heavy atom. The van der Waals surface area contributed by atoms with E-state index < -0.39 is 0 Å². The van der Waals surface area contributed by atoms with Gasteiger partial charge in [0.05, 0.1) is 24.2 Å². The van der Waals surface area contributed by atoms with E-state index in [2.05, 4.69) is 31.1 Å². The van der Waals surface area contributed by atoms with Gasteiger partial charge >= 0.3 is 0 Å². The van der Waals surface area contributed by atoms with Gasteiger partial charge in [0, 0.05) is 35.9 Å². The first-order chi connectivity index (χ1) is 14.1. The molecule has 1 saturated heterocycles. The molecule has 3 aliphatic rings. The van der Waals surface area contributed by atoms with Crippen LogP contribution in [0.4, 0.5) is 11.5 Å². The van der Waals surface area contributed by atoms with Crippen molar-refractivity contribution in [2.75, 3.05) is 36.5 Å². The minimum atomic E-state index is -0.328. The maximum atomic E-state index is 13.1. The maximum absolute atomic E-state index is 13.1. The molecule has 1 saturated carbocycles. The van der Waals surface area contributed by atoms with E-state index in [1.807, 2.05) is 12.1 Å². The molecule has 1 aromatic heterocycles. The number of hydrogen-bond acceptors (Lipinski definition) is 5. The van der Waals surface area contributed by atoms with E-state index in [1.165, 1.54) is 0 Å². The van der Waals surface area contributed by atoms with Crippen LogP contribution < -0.4 is 10.2 Å². The molecule has 1 aliphatic heterocycles. The van der Waals surface area contributed by atoms with E-state index in [0.717, 1.165) is 34.9 Å². The molecule has 1 amide bonds. The lowest BCUT2D eigenvalue weighted by Crippen LogP contribution is -2.39. The number of ether oxygens (including phenoxy) is 1. The predicted octanol–water partition coefficient (Wildman–Crippen LogP) is 3.48. The molecule has 150 valence electrons. The summed E-state index contributed by atoms with van der Waals surface area (Å²) in [5, 5.41) is 3.03. The molecule has 0 bridgehead atoms. The first-order valence-corrected chi connectivity index (χ1v) is 10.8. The van der Waals surface area contributed by atoms with Gasteiger partial charge in [-0.15, -0.1) is 0 Å². The van der Waals surface area contributed by atoms with Crippen LogP contribution in [0, 0.1) is 0 Å². The Labute approximate surface area is 177 Å². The second-order valence-electron chi connectivity index (χ2n) is 7.95. The summed E-state index contributed by atoms with van der Waals surface area (Å²) in [4.78, 5) is 32.3. The van der Waals surface area contributed by atoms with Crippen LogP contribution in [0.1, 0.15) is 40.7 Å². The van der Waals surface area contributed by atoms with Crippen LogP contribution in [0.25, 0.3) is 0 Å². The van der Waals surface area contributed by atoms with E-state index in [9.17, 15) is 9.59 Å². The summed E-state index contributed by atoms with van der Waals surface area (Å²) in [6.45, 7) is 2.69. The number of halogens is 1. The molecule has 1 N–H and O–H groups in total. The first-order valence-electron chi connectivity index (χ1n) is 10.0. The number of aromatic nitrogens is 1. The lowest BCUT2D eigenvalue weighted by Gasteiger charge is -2.37. The van der Waals surface area contributed by atoms with Crippen LogP contribution in [0.15, 0.2) is 34.9 Å². The van der Waals surface area contributed by atoms with Crippen molar-refractivity contribution in [3.05, 3.63) is 51.6 Å². The first kappa shape index (κ1) is 18.8. The van der Waals surface area contributed by atoms with Crippen LogP contribution in [0.5, 0.6) is 0 Å². The van der Waals surface area contributed by atoms with Gasteiger partial charge in [0.15, 0.2) is 0 Å². The smallest absolute Gasteiger partial charge is 0.259 e. The molecular formula is C22H22BrN3O3. The Kier molecular flexibility index (Phi) is 4.67. The summed E-state index contributed by atoms with van der Waals surface area (Å²) in [6.07, 6.45) is 5.09. The van der Waals surface area contributed by atoms with Gasteiger partial charge in [-0.1, -0.05) is 22.4 Å². The van der Waals surface area contributed by atoms with Crippen LogP contribution in [0.3, 0.4) is 0 Å². The molecule has 1 spiro atoms. The Balaban J connectivity index is 1.44. The van der Waals surface area contributed by atoms with E-state index in [4.69, 9.17) is 4.74 Å². The van der Waals surface area contributed by atoms with Crippen LogP contribution in [-0.2, 0) is 21.4 Å². The highest BCUT2D eigenvalue weighted by Crippen LogP contribution is 2.52. The summed E-state index contributed by atoms with van der Waals surface area (Å²) in [6, 6.07) is 7.46.